The average Bonchev–Trinajstić information content (AvgIpc) is 2.75. The van der Waals surface area contributed by atoms with E-state index in [0.717, 1.165) is 22.7 Å². The molecule has 90 valence electrons. The molecular weight excluding hydrogens is 250 g/mol. The van der Waals surface area contributed by atoms with Crippen LogP contribution in [0, 0.1) is 6.92 Å². The van der Waals surface area contributed by atoms with Crippen LogP contribution in [-0.2, 0) is 6.42 Å². The lowest BCUT2D eigenvalue weighted by atomic mass is 10.2. The normalized spacial score (nSPS) is 11.0. The van der Waals surface area contributed by atoms with Gasteiger partial charge in [-0.15, -0.1) is 10.2 Å². The molecule has 0 saturated carbocycles. The fourth-order valence-electron chi connectivity index (χ4n) is 1.73. The monoisotopic (exact) mass is 259 g/mol. The van der Waals surface area contributed by atoms with E-state index < -0.39 is 0 Å². The second-order valence-corrected chi connectivity index (χ2v) is 4.41. The summed E-state index contributed by atoms with van der Waals surface area (Å²) >= 11 is 5.75. The van der Waals surface area contributed by atoms with Gasteiger partial charge in [0.25, 0.3) is 0 Å². The molecule has 0 aliphatic heterocycles. The Morgan fingerprint density at radius 1 is 1.17 bits per heavy atom. The summed E-state index contributed by atoms with van der Waals surface area (Å²) in [6, 6.07) is 7.50. The summed E-state index contributed by atoms with van der Waals surface area (Å²) in [5.41, 5.74) is 2.70. The van der Waals surface area contributed by atoms with Gasteiger partial charge in [0.15, 0.2) is 11.5 Å². The minimum absolute atomic E-state index is 0.485. The molecule has 0 unspecified atom stereocenters. The van der Waals surface area contributed by atoms with Gasteiger partial charge < -0.3 is 0 Å². The zero-order chi connectivity index (χ0) is 12.5. The fraction of sp³-hybridized carbons (Fsp3) is 0.167. The summed E-state index contributed by atoms with van der Waals surface area (Å²) in [6.45, 7) is 1.94. The molecule has 0 spiro atoms. The van der Waals surface area contributed by atoms with Gasteiger partial charge in [0.05, 0.1) is 5.69 Å². The van der Waals surface area contributed by atoms with E-state index in [1.165, 1.54) is 0 Å². The van der Waals surface area contributed by atoms with Crippen molar-refractivity contribution in [2.24, 2.45) is 0 Å². The van der Waals surface area contributed by atoms with Crippen LogP contribution in [0.3, 0.4) is 0 Å². The van der Waals surface area contributed by atoms with Gasteiger partial charge in [0.2, 0.25) is 0 Å². The van der Waals surface area contributed by atoms with Crippen molar-refractivity contribution in [1.82, 2.24) is 24.8 Å². The molecule has 0 aliphatic rings. The highest BCUT2D eigenvalue weighted by Gasteiger charge is 2.07. The highest BCUT2D eigenvalue weighted by Crippen LogP contribution is 2.10. The smallest absolute Gasteiger partial charge is 0.177 e. The molecule has 3 rings (SSSR count). The van der Waals surface area contributed by atoms with Gasteiger partial charge in [-0.3, -0.25) is 0 Å². The van der Waals surface area contributed by atoms with Crippen molar-refractivity contribution in [3.05, 3.63) is 52.7 Å². The molecule has 18 heavy (non-hydrogen) atoms. The summed E-state index contributed by atoms with van der Waals surface area (Å²) in [6.07, 6.45) is 2.36. The van der Waals surface area contributed by atoms with Crippen molar-refractivity contribution < 1.29 is 0 Å². The van der Waals surface area contributed by atoms with E-state index >= 15 is 0 Å². The van der Waals surface area contributed by atoms with E-state index in [-0.39, 0.29) is 0 Å². The van der Waals surface area contributed by atoms with Crippen LogP contribution in [0.2, 0.25) is 5.15 Å². The van der Waals surface area contributed by atoms with E-state index in [9.17, 15) is 0 Å². The van der Waals surface area contributed by atoms with Crippen LogP contribution in [0.5, 0.6) is 0 Å². The number of nitrogens with zero attached hydrogens (tertiary/aromatic N) is 5. The van der Waals surface area contributed by atoms with Crippen LogP contribution in [0.1, 0.15) is 17.1 Å². The number of aryl methyl sites for hydroxylation is 1. The molecule has 0 bridgehead atoms. The summed E-state index contributed by atoms with van der Waals surface area (Å²) in [5, 5.41) is 13.1. The maximum atomic E-state index is 5.75. The Morgan fingerprint density at radius 3 is 2.83 bits per heavy atom. The Morgan fingerprint density at radius 2 is 2.06 bits per heavy atom. The van der Waals surface area contributed by atoms with Crippen LogP contribution >= 0.6 is 11.6 Å². The van der Waals surface area contributed by atoms with Gasteiger partial charge in [0, 0.05) is 12.6 Å². The summed E-state index contributed by atoms with van der Waals surface area (Å²) in [7, 11) is 0. The number of aromatic nitrogens is 5. The maximum absolute atomic E-state index is 5.75. The predicted molar refractivity (Wildman–Crippen MR) is 67.6 cm³/mol. The van der Waals surface area contributed by atoms with Crippen molar-refractivity contribution in [2.45, 2.75) is 13.3 Å². The minimum Gasteiger partial charge on any atom is -0.244 e. The molecule has 0 aromatic carbocycles. The molecule has 0 radical (unpaired) electrons. The quantitative estimate of drug-likeness (QED) is 0.661. The van der Waals surface area contributed by atoms with Crippen molar-refractivity contribution in [3.63, 3.8) is 0 Å². The van der Waals surface area contributed by atoms with Gasteiger partial charge in [-0.1, -0.05) is 17.7 Å². The van der Waals surface area contributed by atoms with Crippen LogP contribution < -0.4 is 0 Å². The molecule has 0 saturated heterocycles. The lowest BCUT2D eigenvalue weighted by Gasteiger charge is -2.00. The number of hydrogen-bond acceptors (Lipinski definition) is 4. The van der Waals surface area contributed by atoms with E-state index in [4.69, 9.17) is 11.6 Å². The average molecular weight is 260 g/mol. The fourth-order valence-corrected chi connectivity index (χ4v) is 1.84. The first kappa shape index (κ1) is 11.1. The Balaban J connectivity index is 1.99. The highest BCUT2D eigenvalue weighted by atomic mass is 35.5. The summed E-state index contributed by atoms with van der Waals surface area (Å²) < 4.78 is 1.75. The lowest BCUT2D eigenvalue weighted by Crippen LogP contribution is -2.01. The Kier molecular flexibility index (Phi) is 2.68. The molecule has 3 aromatic rings. The number of halogens is 1. The minimum atomic E-state index is 0.485. The molecule has 0 atom stereocenters. The van der Waals surface area contributed by atoms with E-state index in [1.807, 2.05) is 25.1 Å². The number of hydrogen-bond donors (Lipinski definition) is 0. The third-order valence-electron chi connectivity index (χ3n) is 2.61. The topological polar surface area (TPSA) is 56.0 Å². The molecular formula is C12H10ClN5. The number of pyridine rings is 1. The van der Waals surface area contributed by atoms with E-state index in [2.05, 4.69) is 20.3 Å². The first-order chi connectivity index (χ1) is 8.72. The summed E-state index contributed by atoms with van der Waals surface area (Å²) in [5.74, 6) is 0.790. The van der Waals surface area contributed by atoms with Crippen molar-refractivity contribution in [2.75, 3.05) is 0 Å². The molecule has 0 aliphatic carbocycles. The van der Waals surface area contributed by atoms with Crippen molar-refractivity contribution >= 4 is 17.2 Å². The Bertz CT molecular complexity index is 689. The van der Waals surface area contributed by atoms with Crippen LogP contribution in [0.25, 0.3) is 5.65 Å². The van der Waals surface area contributed by atoms with Gasteiger partial charge in [-0.25, -0.2) is 4.98 Å². The third kappa shape index (κ3) is 2.04. The maximum Gasteiger partial charge on any atom is 0.177 e. The van der Waals surface area contributed by atoms with Crippen LogP contribution in [0.4, 0.5) is 0 Å². The zero-order valence-electron chi connectivity index (χ0n) is 9.71. The van der Waals surface area contributed by atoms with Crippen molar-refractivity contribution in [3.8, 4) is 0 Å². The molecule has 0 fully saturated rings. The van der Waals surface area contributed by atoms with E-state index in [1.54, 1.807) is 16.8 Å². The Labute approximate surface area is 108 Å². The van der Waals surface area contributed by atoms with Gasteiger partial charge >= 0.3 is 0 Å². The molecule has 3 heterocycles. The predicted octanol–water partition coefficient (Wildman–Crippen LogP) is 2.07. The third-order valence-corrected chi connectivity index (χ3v) is 2.84. The van der Waals surface area contributed by atoms with Gasteiger partial charge in [0.1, 0.15) is 5.15 Å². The zero-order valence-corrected chi connectivity index (χ0v) is 10.5. The summed E-state index contributed by atoms with van der Waals surface area (Å²) in [4.78, 5) is 4.04. The van der Waals surface area contributed by atoms with E-state index in [0.29, 0.717) is 11.6 Å². The first-order valence-corrected chi connectivity index (χ1v) is 5.88. The lowest BCUT2D eigenvalue weighted by molar-refractivity contribution is 0.819. The molecule has 5 nitrogen and oxygen atoms in total. The number of rotatable bonds is 2. The number of fused-ring (bicyclic) bond motifs is 1. The van der Waals surface area contributed by atoms with Crippen LogP contribution in [-0.4, -0.2) is 24.8 Å². The molecule has 0 N–H and O–H groups in total. The molecule has 3 aromatic heterocycles. The highest BCUT2D eigenvalue weighted by molar-refractivity contribution is 6.29. The standard InChI is InChI=1S/C12H10ClN5/c1-8-2-5-11-15-16-12(18(11)17-8)6-9-3-4-10(13)14-7-9/h2-5,7H,6H2,1H3. The molecule has 0 amide bonds. The molecule has 6 heteroatoms. The Hall–Kier alpha value is -2.01. The SMILES string of the molecule is Cc1ccc2nnc(Cc3ccc(Cl)nc3)n2n1. The van der Waals surface area contributed by atoms with Crippen LogP contribution in [0.15, 0.2) is 30.5 Å². The van der Waals surface area contributed by atoms with Gasteiger partial charge in [-0.2, -0.15) is 9.61 Å². The largest absolute Gasteiger partial charge is 0.244 e. The first-order valence-electron chi connectivity index (χ1n) is 5.51. The second kappa shape index (κ2) is 4.34. The van der Waals surface area contributed by atoms with Gasteiger partial charge in [-0.05, 0) is 30.7 Å². The van der Waals surface area contributed by atoms with Crippen molar-refractivity contribution in [1.29, 1.82) is 0 Å². The second-order valence-electron chi connectivity index (χ2n) is 4.03.